The van der Waals surface area contributed by atoms with Gasteiger partial charge in [-0.25, -0.2) is 0 Å². The highest BCUT2D eigenvalue weighted by molar-refractivity contribution is 7.71. The van der Waals surface area contributed by atoms with Gasteiger partial charge in [-0.3, -0.25) is 0 Å². The molecule has 38 valence electrons. The summed E-state index contributed by atoms with van der Waals surface area (Å²) < 4.78 is 18.6. The van der Waals surface area contributed by atoms with Crippen LogP contribution >= 0.6 is 0 Å². The summed E-state index contributed by atoms with van der Waals surface area (Å²) >= 11 is 0. The molecule has 0 aliphatic heterocycles. The van der Waals surface area contributed by atoms with Gasteiger partial charge in [0.1, 0.15) is 0 Å². The molecule has 3 heteroatoms. The maximum atomic E-state index is 9.31. The van der Waals surface area contributed by atoms with Crippen LogP contribution < -0.4 is 0 Å². The topological polar surface area (TPSA) is 34.1 Å². The smallest absolute Gasteiger partial charge is 0.185 e. The van der Waals surface area contributed by atoms with E-state index in [2.05, 4.69) is 0 Å². The molecule has 6 heavy (non-hydrogen) atoms. The molecule has 0 fully saturated rings. The highest BCUT2D eigenvalue weighted by atomic mass is 32.2. The van der Waals surface area contributed by atoms with Gasteiger partial charge in [-0.15, -0.1) is 0 Å². The van der Waals surface area contributed by atoms with Crippen LogP contribution in [0.25, 0.3) is 0 Å². The molecule has 0 rings (SSSR count). The minimum Gasteiger partial charge on any atom is -0.185 e. The third-order valence-electron chi connectivity index (χ3n) is 0.192. The Labute approximate surface area is 39.3 Å². The first-order chi connectivity index (χ1) is 2.27. The zero-order chi connectivity index (χ0) is 4.28. The summed E-state index contributed by atoms with van der Waals surface area (Å²) in [6.07, 6.45) is 0. The lowest BCUT2D eigenvalue weighted by Gasteiger charge is -1.38. The zero-order valence-corrected chi connectivity index (χ0v) is 3.62. The Morgan fingerprint density at radius 1 is 1.50 bits per heavy atom. The average molecular weight is 108 g/mol. The molecular formula is C3H8O2S. The summed E-state index contributed by atoms with van der Waals surface area (Å²) in [5.74, 6) is 0. The molecule has 0 saturated heterocycles. The summed E-state index contributed by atoms with van der Waals surface area (Å²) in [6, 6.07) is 0. The fraction of sp³-hybridized carbons (Fsp3) is 0.667. The third-order valence-corrected chi connectivity index (χ3v) is 0.577. The Kier molecular flexibility index (Phi) is 7.19. The van der Waals surface area contributed by atoms with Crippen LogP contribution in [0.5, 0.6) is 0 Å². The second-order valence-electron chi connectivity index (χ2n) is 0.496. The van der Waals surface area contributed by atoms with Crippen LogP contribution in [0.4, 0.5) is 0 Å². The van der Waals surface area contributed by atoms with Gasteiger partial charge in [-0.2, -0.15) is 8.42 Å². The van der Waals surface area contributed by atoms with E-state index in [1.54, 1.807) is 0 Å². The van der Waals surface area contributed by atoms with Crippen LogP contribution in [0.1, 0.15) is 14.4 Å². The molecule has 0 N–H and O–H groups in total. The molecule has 0 aromatic heterocycles. The van der Waals surface area contributed by atoms with Gasteiger partial charge >= 0.3 is 0 Å². The van der Waals surface area contributed by atoms with E-state index in [1.165, 1.54) is 6.92 Å². The van der Waals surface area contributed by atoms with Crippen molar-refractivity contribution < 1.29 is 8.42 Å². The van der Waals surface area contributed by atoms with Crippen molar-refractivity contribution in [3.8, 4) is 0 Å². The monoisotopic (exact) mass is 108 g/mol. The predicted octanol–water partition coefficient (Wildman–Crippen LogP) is 0.324. The van der Waals surface area contributed by atoms with Crippen molar-refractivity contribution in [2.75, 3.05) is 0 Å². The van der Waals surface area contributed by atoms with E-state index in [4.69, 9.17) is 0 Å². The molecule has 0 saturated carbocycles. The molecular weight excluding hydrogens is 100 g/mol. The van der Waals surface area contributed by atoms with Crippen molar-refractivity contribution in [1.82, 2.24) is 0 Å². The maximum Gasteiger partial charge on any atom is 0.209 e. The van der Waals surface area contributed by atoms with Crippen LogP contribution in [0.15, 0.2) is 0 Å². The van der Waals surface area contributed by atoms with Gasteiger partial charge in [0.15, 0.2) is 0 Å². The van der Waals surface area contributed by atoms with Crippen molar-refractivity contribution in [1.29, 1.82) is 0 Å². The van der Waals surface area contributed by atoms with Crippen LogP contribution in [-0.2, 0) is 10.3 Å². The minimum atomic E-state index is -1.95. The van der Waals surface area contributed by atoms with Crippen molar-refractivity contribution in [3.63, 3.8) is 0 Å². The molecule has 0 bridgehead atoms. The van der Waals surface area contributed by atoms with E-state index in [9.17, 15) is 8.42 Å². The van der Waals surface area contributed by atoms with Crippen molar-refractivity contribution in [2.24, 2.45) is 0 Å². The predicted molar refractivity (Wildman–Crippen MR) is 27.4 cm³/mol. The first-order valence-electron chi connectivity index (χ1n) is 1.15. The third kappa shape index (κ3) is 9.35. The van der Waals surface area contributed by atoms with Gasteiger partial charge in [-0.05, 0) is 6.92 Å². The zero-order valence-electron chi connectivity index (χ0n) is 2.80. The Morgan fingerprint density at radius 2 is 1.67 bits per heavy atom. The van der Waals surface area contributed by atoms with E-state index >= 15 is 0 Å². The molecule has 0 aliphatic carbocycles. The Balaban J connectivity index is 0. The Hall–Kier alpha value is -0.310. The van der Waals surface area contributed by atoms with Crippen LogP contribution in [0.2, 0.25) is 0 Å². The molecule has 0 unspecified atom stereocenters. The number of hydrogen-bond donors (Lipinski definition) is 0. The lowest BCUT2D eigenvalue weighted by molar-refractivity contribution is 0.627. The fourth-order valence-electron chi connectivity index (χ4n) is 0. The Morgan fingerprint density at radius 3 is 1.67 bits per heavy atom. The largest absolute Gasteiger partial charge is 0.209 e. The van der Waals surface area contributed by atoms with E-state index in [1.807, 2.05) is 0 Å². The van der Waals surface area contributed by atoms with Gasteiger partial charge in [0.05, 0.1) is 0 Å². The lowest BCUT2D eigenvalue weighted by atomic mass is 11.0. The molecule has 0 heterocycles. The Bertz CT molecular complexity index is 112. The SMILES string of the molecule is C.CC=S(=O)=O. The van der Waals surface area contributed by atoms with Crippen molar-refractivity contribution in [2.45, 2.75) is 14.4 Å². The summed E-state index contributed by atoms with van der Waals surface area (Å²) in [5.41, 5.74) is 0. The van der Waals surface area contributed by atoms with Crippen molar-refractivity contribution >= 4 is 15.7 Å². The average Bonchev–Trinajstić information content (AvgIpc) is 1.38. The molecule has 0 spiro atoms. The molecule has 0 amide bonds. The fourth-order valence-corrected chi connectivity index (χ4v) is 0. The normalized spacial score (nSPS) is 5.50. The molecule has 0 radical (unpaired) electrons. The second kappa shape index (κ2) is 4.69. The van der Waals surface area contributed by atoms with E-state index in [0.717, 1.165) is 5.37 Å². The molecule has 0 aromatic carbocycles. The van der Waals surface area contributed by atoms with Crippen LogP contribution in [0.3, 0.4) is 0 Å². The molecule has 0 aliphatic rings. The van der Waals surface area contributed by atoms with E-state index in [0.29, 0.717) is 0 Å². The number of hydrogen-bond acceptors (Lipinski definition) is 2. The molecule has 0 aromatic rings. The van der Waals surface area contributed by atoms with E-state index in [-0.39, 0.29) is 7.43 Å². The standard InChI is InChI=1S/C2H4O2S.CH4/c1-2-5(3)4;/h2H,1H3;1H4. The highest BCUT2D eigenvalue weighted by Crippen LogP contribution is 1.31. The highest BCUT2D eigenvalue weighted by Gasteiger charge is 1.47. The van der Waals surface area contributed by atoms with Gasteiger partial charge in [0.2, 0.25) is 10.3 Å². The quantitative estimate of drug-likeness (QED) is 0.419. The molecule has 0 atom stereocenters. The summed E-state index contributed by atoms with van der Waals surface area (Å²) in [7, 11) is -1.95. The summed E-state index contributed by atoms with van der Waals surface area (Å²) in [5, 5.41) is 1.08. The van der Waals surface area contributed by atoms with Gasteiger partial charge in [0, 0.05) is 5.37 Å². The van der Waals surface area contributed by atoms with Gasteiger partial charge in [0.25, 0.3) is 0 Å². The van der Waals surface area contributed by atoms with Crippen molar-refractivity contribution in [3.05, 3.63) is 0 Å². The van der Waals surface area contributed by atoms with Gasteiger partial charge < -0.3 is 0 Å². The molecule has 2 nitrogen and oxygen atoms in total. The minimum absolute atomic E-state index is 0. The summed E-state index contributed by atoms with van der Waals surface area (Å²) in [6.45, 7) is 1.46. The lowest BCUT2D eigenvalue weighted by Crippen LogP contribution is -1.55. The second-order valence-corrected chi connectivity index (χ2v) is 1.49. The maximum absolute atomic E-state index is 9.31. The summed E-state index contributed by atoms with van der Waals surface area (Å²) in [4.78, 5) is 0. The van der Waals surface area contributed by atoms with E-state index < -0.39 is 10.3 Å². The van der Waals surface area contributed by atoms with Crippen LogP contribution in [0, 0.1) is 0 Å². The van der Waals surface area contributed by atoms with Gasteiger partial charge in [-0.1, -0.05) is 7.43 Å². The van der Waals surface area contributed by atoms with Crippen LogP contribution in [-0.4, -0.2) is 13.8 Å². The first kappa shape index (κ1) is 9.19. The first-order valence-corrected chi connectivity index (χ1v) is 2.28. The number of rotatable bonds is 0.